The Morgan fingerprint density at radius 2 is 1.86 bits per heavy atom. The second-order valence-electron chi connectivity index (χ2n) is 4.82. The van der Waals surface area contributed by atoms with Crippen molar-refractivity contribution < 1.29 is 18.7 Å². The fourth-order valence-electron chi connectivity index (χ4n) is 1.79. The molecular formula is C17H20FNO3. The Balaban J connectivity index is 3.08. The predicted molar refractivity (Wildman–Crippen MR) is 83.0 cm³/mol. The number of rotatable bonds is 7. The van der Waals surface area contributed by atoms with Crippen molar-refractivity contribution >= 4 is 11.8 Å². The minimum Gasteiger partial charge on any atom is -0.466 e. The van der Waals surface area contributed by atoms with Gasteiger partial charge in [-0.3, -0.25) is 9.59 Å². The summed E-state index contributed by atoms with van der Waals surface area (Å²) in [6.07, 6.45) is 2.03. The molecule has 0 aliphatic rings. The van der Waals surface area contributed by atoms with Gasteiger partial charge < -0.3 is 9.64 Å². The molecule has 5 heteroatoms. The maximum Gasteiger partial charge on any atom is 0.310 e. The highest BCUT2D eigenvalue weighted by Gasteiger charge is 2.17. The van der Waals surface area contributed by atoms with Crippen molar-refractivity contribution in [1.29, 1.82) is 0 Å². The van der Waals surface area contributed by atoms with E-state index in [2.05, 4.69) is 0 Å². The van der Waals surface area contributed by atoms with Gasteiger partial charge in [0.25, 0.3) is 0 Å². The number of carbonyl (C=O) groups is 2. The summed E-state index contributed by atoms with van der Waals surface area (Å²) in [5.41, 5.74) is 0.455. The van der Waals surface area contributed by atoms with E-state index in [0.717, 1.165) is 6.08 Å². The molecule has 1 aromatic rings. The van der Waals surface area contributed by atoms with Crippen LogP contribution in [0.15, 0.2) is 54.0 Å². The van der Waals surface area contributed by atoms with Gasteiger partial charge in [0, 0.05) is 31.4 Å². The van der Waals surface area contributed by atoms with Crippen molar-refractivity contribution in [3.8, 4) is 0 Å². The molecule has 22 heavy (non-hydrogen) atoms. The van der Waals surface area contributed by atoms with Crippen LogP contribution in [-0.4, -0.2) is 37.4 Å². The Bertz CT molecular complexity index is 577. The molecule has 0 saturated carbocycles. The summed E-state index contributed by atoms with van der Waals surface area (Å²) in [6, 6.07) is 8.43. The SMILES string of the molecule is CCOC(=O)C/C(=C/C(F)=C\N(C)C)C(=O)c1ccccc1. The highest BCUT2D eigenvalue weighted by Crippen LogP contribution is 2.16. The lowest BCUT2D eigenvalue weighted by atomic mass is 10.0. The molecule has 0 aliphatic carbocycles. The summed E-state index contributed by atoms with van der Waals surface area (Å²) in [6.45, 7) is 1.88. The van der Waals surface area contributed by atoms with Gasteiger partial charge in [0.2, 0.25) is 0 Å². The zero-order valence-electron chi connectivity index (χ0n) is 13.0. The van der Waals surface area contributed by atoms with E-state index in [1.165, 1.54) is 11.1 Å². The van der Waals surface area contributed by atoms with Crippen LogP contribution in [0.5, 0.6) is 0 Å². The maximum atomic E-state index is 13.9. The van der Waals surface area contributed by atoms with Crippen molar-refractivity contribution in [3.05, 3.63) is 59.6 Å². The Morgan fingerprint density at radius 1 is 1.23 bits per heavy atom. The van der Waals surface area contributed by atoms with Crippen LogP contribution in [0.25, 0.3) is 0 Å². The molecular weight excluding hydrogens is 285 g/mol. The number of allylic oxidation sites excluding steroid dienone is 2. The van der Waals surface area contributed by atoms with Gasteiger partial charge >= 0.3 is 5.97 Å². The summed E-state index contributed by atoms with van der Waals surface area (Å²) in [7, 11) is 3.33. The number of Topliss-reactive ketones (excluding diaryl/α,β-unsaturated/α-hetero) is 1. The van der Waals surface area contributed by atoms with Gasteiger partial charge in [-0.15, -0.1) is 0 Å². The van der Waals surface area contributed by atoms with Crippen molar-refractivity contribution in [2.75, 3.05) is 20.7 Å². The molecule has 0 N–H and O–H groups in total. The predicted octanol–water partition coefficient (Wildman–Crippen LogP) is 3.12. The Kier molecular flexibility index (Phi) is 7.02. The number of ether oxygens (including phenoxy) is 1. The molecule has 0 atom stereocenters. The van der Waals surface area contributed by atoms with Crippen LogP contribution in [0.2, 0.25) is 0 Å². The third-order valence-electron chi connectivity index (χ3n) is 2.66. The highest BCUT2D eigenvalue weighted by atomic mass is 19.1. The van der Waals surface area contributed by atoms with Crippen molar-refractivity contribution in [2.24, 2.45) is 0 Å². The van der Waals surface area contributed by atoms with Crippen LogP contribution in [-0.2, 0) is 9.53 Å². The summed E-state index contributed by atoms with van der Waals surface area (Å²) >= 11 is 0. The van der Waals surface area contributed by atoms with Crippen molar-refractivity contribution in [2.45, 2.75) is 13.3 Å². The fourth-order valence-corrected chi connectivity index (χ4v) is 1.79. The molecule has 0 radical (unpaired) electrons. The molecule has 0 bridgehead atoms. The summed E-state index contributed by atoms with van der Waals surface area (Å²) in [4.78, 5) is 25.6. The van der Waals surface area contributed by atoms with E-state index in [4.69, 9.17) is 4.74 Å². The number of carbonyl (C=O) groups excluding carboxylic acids is 2. The molecule has 1 aromatic carbocycles. The molecule has 0 heterocycles. The average Bonchev–Trinajstić information content (AvgIpc) is 2.46. The number of benzene rings is 1. The topological polar surface area (TPSA) is 46.6 Å². The number of esters is 1. The van der Waals surface area contributed by atoms with Crippen LogP contribution >= 0.6 is 0 Å². The lowest BCUT2D eigenvalue weighted by Crippen LogP contribution is -2.12. The molecule has 0 unspecified atom stereocenters. The van der Waals surface area contributed by atoms with Gasteiger partial charge in [-0.1, -0.05) is 30.3 Å². The number of hydrogen-bond donors (Lipinski definition) is 0. The second kappa shape index (κ2) is 8.77. The molecule has 0 saturated heterocycles. The summed E-state index contributed by atoms with van der Waals surface area (Å²) in [5.74, 6) is -1.56. The van der Waals surface area contributed by atoms with E-state index in [-0.39, 0.29) is 18.6 Å². The van der Waals surface area contributed by atoms with Crippen LogP contribution in [0.1, 0.15) is 23.7 Å². The quantitative estimate of drug-likeness (QED) is 0.336. The first-order valence-corrected chi connectivity index (χ1v) is 6.93. The van der Waals surface area contributed by atoms with Crippen LogP contribution in [0.4, 0.5) is 4.39 Å². The van der Waals surface area contributed by atoms with E-state index < -0.39 is 17.6 Å². The largest absolute Gasteiger partial charge is 0.466 e. The van der Waals surface area contributed by atoms with E-state index in [9.17, 15) is 14.0 Å². The Labute approximate surface area is 129 Å². The first-order valence-electron chi connectivity index (χ1n) is 6.93. The monoisotopic (exact) mass is 305 g/mol. The third kappa shape index (κ3) is 5.91. The molecule has 0 aliphatic heterocycles. The minimum atomic E-state index is -0.603. The van der Waals surface area contributed by atoms with E-state index in [1.807, 2.05) is 0 Å². The van der Waals surface area contributed by atoms with Gasteiger partial charge in [0.05, 0.1) is 13.0 Å². The standard InChI is InChI=1S/C17H20FNO3/c1-4-22-16(20)11-14(10-15(18)12-19(2)3)17(21)13-8-6-5-7-9-13/h5-10,12H,4,11H2,1-3H3/b14-10-,15-12+. The molecule has 0 aromatic heterocycles. The van der Waals surface area contributed by atoms with Gasteiger partial charge in [0.15, 0.2) is 5.78 Å². The van der Waals surface area contributed by atoms with Crippen LogP contribution in [0, 0.1) is 0 Å². The van der Waals surface area contributed by atoms with Gasteiger partial charge in [0.1, 0.15) is 5.83 Å². The minimum absolute atomic E-state index is 0.0558. The molecule has 0 amide bonds. The van der Waals surface area contributed by atoms with Crippen molar-refractivity contribution in [1.82, 2.24) is 4.90 Å². The second-order valence-corrected chi connectivity index (χ2v) is 4.82. The van der Waals surface area contributed by atoms with E-state index in [1.54, 1.807) is 51.4 Å². The molecule has 118 valence electrons. The van der Waals surface area contributed by atoms with Gasteiger partial charge in [-0.05, 0) is 13.0 Å². The maximum absolute atomic E-state index is 13.9. The lowest BCUT2D eigenvalue weighted by Gasteiger charge is -2.08. The zero-order valence-corrected chi connectivity index (χ0v) is 13.0. The normalized spacial score (nSPS) is 12.0. The highest BCUT2D eigenvalue weighted by molar-refractivity contribution is 6.10. The summed E-state index contributed by atoms with van der Waals surface area (Å²) < 4.78 is 18.7. The first-order chi connectivity index (χ1) is 10.4. The zero-order chi connectivity index (χ0) is 16.5. The van der Waals surface area contributed by atoms with Crippen molar-refractivity contribution in [3.63, 3.8) is 0 Å². The molecule has 0 spiro atoms. The Hall–Kier alpha value is -2.43. The van der Waals surface area contributed by atoms with Crippen LogP contribution in [0.3, 0.4) is 0 Å². The number of nitrogens with zero attached hydrogens (tertiary/aromatic N) is 1. The smallest absolute Gasteiger partial charge is 0.310 e. The lowest BCUT2D eigenvalue weighted by molar-refractivity contribution is -0.142. The number of halogens is 1. The van der Waals surface area contributed by atoms with Gasteiger partial charge in [-0.25, -0.2) is 4.39 Å². The average molecular weight is 305 g/mol. The Morgan fingerprint density at radius 3 is 2.41 bits per heavy atom. The molecule has 0 fully saturated rings. The first kappa shape index (κ1) is 17.6. The van der Waals surface area contributed by atoms with E-state index in [0.29, 0.717) is 5.56 Å². The number of hydrogen-bond acceptors (Lipinski definition) is 4. The summed E-state index contributed by atoms with van der Waals surface area (Å²) in [5, 5.41) is 0. The van der Waals surface area contributed by atoms with Crippen LogP contribution < -0.4 is 0 Å². The third-order valence-corrected chi connectivity index (χ3v) is 2.66. The fraction of sp³-hybridized carbons (Fsp3) is 0.294. The molecule has 1 rings (SSSR count). The molecule has 4 nitrogen and oxygen atoms in total. The van der Waals surface area contributed by atoms with Gasteiger partial charge in [-0.2, -0.15) is 0 Å². The number of ketones is 1. The van der Waals surface area contributed by atoms with E-state index >= 15 is 0 Å².